The highest BCUT2D eigenvalue weighted by Crippen LogP contribution is 2.28. The molecular formula is C28H26Cl2N4O3. The van der Waals surface area contributed by atoms with Crippen molar-refractivity contribution in [2.45, 2.75) is 26.4 Å². The summed E-state index contributed by atoms with van der Waals surface area (Å²) in [6.45, 7) is 4.33. The lowest BCUT2D eigenvalue weighted by molar-refractivity contribution is -0.127. The Labute approximate surface area is 225 Å². The Kier molecular flexibility index (Phi) is 8.82. The first-order chi connectivity index (χ1) is 17.9. The quantitative estimate of drug-likeness (QED) is 0.184. The summed E-state index contributed by atoms with van der Waals surface area (Å²) in [7, 11) is 0. The van der Waals surface area contributed by atoms with Crippen LogP contribution in [0.3, 0.4) is 0 Å². The van der Waals surface area contributed by atoms with Crippen molar-refractivity contribution in [3.8, 4) is 28.4 Å². The first kappa shape index (κ1) is 26.3. The van der Waals surface area contributed by atoms with Gasteiger partial charge in [-0.05, 0) is 67.9 Å². The second-order valence-electron chi connectivity index (χ2n) is 8.16. The van der Waals surface area contributed by atoms with E-state index in [4.69, 9.17) is 37.8 Å². The first-order valence-corrected chi connectivity index (χ1v) is 12.5. The molecule has 1 aromatic heterocycles. The average Bonchev–Trinajstić information content (AvgIpc) is 3.34. The van der Waals surface area contributed by atoms with Crippen LogP contribution in [0.2, 0.25) is 10.0 Å². The molecule has 190 valence electrons. The van der Waals surface area contributed by atoms with Crippen LogP contribution >= 0.6 is 23.2 Å². The molecule has 0 bridgehead atoms. The van der Waals surface area contributed by atoms with Gasteiger partial charge in [0.05, 0.1) is 23.5 Å². The number of amides is 1. The standard InChI is InChI=1S/C28H26Cl2N4O3/c1-3-15-36-24-12-9-20(10-13-24)27-21(18-34(33-27)23-7-5-4-6-8-23)17-31-32-28(35)19(2)37-26-14-11-22(29)16-25(26)30/h4-14,16-19H,3,15H2,1-2H3,(H,32,35). The van der Waals surface area contributed by atoms with Gasteiger partial charge in [-0.2, -0.15) is 10.2 Å². The van der Waals surface area contributed by atoms with Gasteiger partial charge in [0, 0.05) is 22.3 Å². The van der Waals surface area contributed by atoms with E-state index in [2.05, 4.69) is 17.5 Å². The van der Waals surface area contributed by atoms with E-state index in [1.807, 2.05) is 60.8 Å². The van der Waals surface area contributed by atoms with E-state index in [0.29, 0.717) is 28.1 Å². The fraction of sp³-hybridized carbons (Fsp3) is 0.179. The van der Waals surface area contributed by atoms with E-state index in [9.17, 15) is 4.79 Å². The molecule has 0 saturated carbocycles. The predicted molar refractivity (Wildman–Crippen MR) is 147 cm³/mol. The molecule has 0 aliphatic rings. The normalized spacial score (nSPS) is 11.9. The van der Waals surface area contributed by atoms with E-state index in [1.165, 1.54) is 0 Å². The molecule has 1 atom stereocenters. The maximum Gasteiger partial charge on any atom is 0.280 e. The highest BCUT2D eigenvalue weighted by atomic mass is 35.5. The molecule has 4 aromatic rings. The molecule has 7 nitrogen and oxygen atoms in total. The number of aromatic nitrogens is 2. The maximum absolute atomic E-state index is 12.6. The molecule has 0 aliphatic carbocycles. The number of rotatable bonds is 10. The van der Waals surface area contributed by atoms with Gasteiger partial charge in [-0.25, -0.2) is 10.1 Å². The predicted octanol–water partition coefficient (Wildman–Crippen LogP) is 6.55. The molecule has 0 aliphatic heterocycles. The van der Waals surface area contributed by atoms with Crippen LogP contribution in [0.25, 0.3) is 16.9 Å². The minimum Gasteiger partial charge on any atom is -0.494 e. The van der Waals surface area contributed by atoms with Crippen LogP contribution in [-0.2, 0) is 4.79 Å². The molecule has 0 spiro atoms. The lowest BCUT2D eigenvalue weighted by atomic mass is 10.1. The van der Waals surface area contributed by atoms with Gasteiger partial charge in [-0.3, -0.25) is 4.79 Å². The van der Waals surface area contributed by atoms with Gasteiger partial charge in [-0.1, -0.05) is 48.3 Å². The number of hydrogen-bond donors (Lipinski definition) is 1. The third-order valence-electron chi connectivity index (χ3n) is 5.31. The number of hydrogen-bond acceptors (Lipinski definition) is 5. The Hall–Kier alpha value is -3.81. The number of carbonyl (C=O) groups excluding carboxylic acids is 1. The number of benzene rings is 3. The molecule has 37 heavy (non-hydrogen) atoms. The highest BCUT2D eigenvalue weighted by Gasteiger charge is 2.16. The fourth-order valence-corrected chi connectivity index (χ4v) is 3.87. The molecule has 3 aromatic carbocycles. The van der Waals surface area contributed by atoms with Gasteiger partial charge in [0.1, 0.15) is 17.2 Å². The maximum atomic E-state index is 12.6. The monoisotopic (exact) mass is 536 g/mol. The van der Waals surface area contributed by atoms with Gasteiger partial charge >= 0.3 is 0 Å². The van der Waals surface area contributed by atoms with Crippen LogP contribution < -0.4 is 14.9 Å². The Morgan fingerprint density at radius 1 is 1.11 bits per heavy atom. The number of ether oxygens (including phenoxy) is 2. The van der Waals surface area contributed by atoms with E-state index < -0.39 is 12.0 Å². The van der Waals surface area contributed by atoms with Crippen molar-refractivity contribution < 1.29 is 14.3 Å². The molecular weight excluding hydrogens is 511 g/mol. The highest BCUT2D eigenvalue weighted by molar-refractivity contribution is 6.35. The molecule has 0 saturated heterocycles. The Morgan fingerprint density at radius 3 is 2.57 bits per heavy atom. The minimum absolute atomic E-state index is 0.319. The van der Waals surface area contributed by atoms with Crippen molar-refractivity contribution in [3.63, 3.8) is 0 Å². The Morgan fingerprint density at radius 2 is 1.86 bits per heavy atom. The van der Waals surface area contributed by atoms with Crippen LogP contribution in [0.15, 0.2) is 84.1 Å². The summed E-state index contributed by atoms with van der Waals surface area (Å²) in [5.41, 5.74) is 5.74. The lowest BCUT2D eigenvalue weighted by Gasteiger charge is -2.14. The zero-order valence-electron chi connectivity index (χ0n) is 20.4. The second kappa shape index (κ2) is 12.4. The summed E-state index contributed by atoms with van der Waals surface area (Å²) < 4.78 is 13.1. The summed E-state index contributed by atoms with van der Waals surface area (Å²) in [6, 6.07) is 22.3. The van der Waals surface area contributed by atoms with Crippen molar-refractivity contribution in [1.29, 1.82) is 0 Å². The SMILES string of the molecule is CCCOc1ccc(-c2nn(-c3ccccc3)cc2C=NNC(=O)C(C)Oc2ccc(Cl)cc2Cl)cc1. The minimum atomic E-state index is -0.835. The summed E-state index contributed by atoms with van der Waals surface area (Å²) in [4.78, 5) is 12.6. The summed E-state index contributed by atoms with van der Waals surface area (Å²) in [5, 5.41) is 9.72. The van der Waals surface area contributed by atoms with Gasteiger partial charge in [0.25, 0.3) is 5.91 Å². The number of hydrazone groups is 1. The van der Waals surface area contributed by atoms with Gasteiger partial charge < -0.3 is 9.47 Å². The molecule has 9 heteroatoms. The zero-order chi connectivity index (χ0) is 26.2. The van der Waals surface area contributed by atoms with Crippen LogP contribution in [0, 0.1) is 0 Å². The average molecular weight is 537 g/mol. The Balaban J connectivity index is 1.52. The topological polar surface area (TPSA) is 77.7 Å². The van der Waals surface area contributed by atoms with E-state index in [1.54, 1.807) is 36.0 Å². The zero-order valence-corrected chi connectivity index (χ0v) is 21.9. The van der Waals surface area contributed by atoms with E-state index in [-0.39, 0.29) is 0 Å². The molecule has 0 radical (unpaired) electrons. The summed E-state index contributed by atoms with van der Waals surface area (Å²) in [6.07, 6.45) is 3.52. The van der Waals surface area contributed by atoms with E-state index >= 15 is 0 Å². The summed E-state index contributed by atoms with van der Waals surface area (Å²) >= 11 is 12.1. The van der Waals surface area contributed by atoms with Crippen molar-refractivity contribution in [2.75, 3.05) is 6.61 Å². The van der Waals surface area contributed by atoms with Gasteiger partial charge in [0.15, 0.2) is 6.10 Å². The largest absolute Gasteiger partial charge is 0.494 e. The number of nitrogens with one attached hydrogen (secondary N) is 1. The third kappa shape index (κ3) is 6.90. The van der Waals surface area contributed by atoms with Crippen LogP contribution in [-0.4, -0.2) is 34.6 Å². The second-order valence-corrected chi connectivity index (χ2v) is 9.00. The molecule has 1 amide bonds. The molecule has 1 unspecified atom stereocenters. The number of para-hydroxylation sites is 1. The third-order valence-corrected chi connectivity index (χ3v) is 5.84. The van der Waals surface area contributed by atoms with Gasteiger partial charge in [0.2, 0.25) is 0 Å². The van der Waals surface area contributed by atoms with Crippen molar-refractivity contribution >= 4 is 35.3 Å². The van der Waals surface area contributed by atoms with Gasteiger partial charge in [-0.15, -0.1) is 0 Å². The molecule has 4 rings (SSSR count). The molecule has 1 heterocycles. The van der Waals surface area contributed by atoms with Crippen molar-refractivity contribution in [3.05, 3.63) is 94.6 Å². The van der Waals surface area contributed by atoms with Crippen molar-refractivity contribution in [1.82, 2.24) is 15.2 Å². The lowest BCUT2D eigenvalue weighted by Crippen LogP contribution is -2.33. The van der Waals surface area contributed by atoms with Crippen molar-refractivity contribution in [2.24, 2.45) is 5.10 Å². The molecule has 0 fully saturated rings. The number of carbonyl (C=O) groups is 1. The van der Waals surface area contributed by atoms with Crippen LogP contribution in [0.1, 0.15) is 25.8 Å². The van der Waals surface area contributed by atoms with Crippen LogP contribution in [0.5, 0.6) is 11.5 Å². The fourth-order valence-electron chi connectivity index (χ4n) is 3.42. The van der Waals surface area contributed by atoms with Crippen LogP contribution in [0.4, 0.5) is 0 Å². The first-order valence-electron chi connectivity index (χ1n) is 11.8. The Bertz CT molecular complexity index is 1370. The number of halogens is 2. The van der Waals surface area contributed by atoms with E-state index in [0.717, 1.165) is 29.0 Å². The smallest absolute Gasteiger partial charge is 0.280 e. The summed E-state index contributed by atoms with van der Waals surface area (Å²) in [5.74, 6) is 0.720. The molecule has 1 N–H and O–H groups in total. The number of nitrogens with zero attached hydrogens (tertiary/aromatic N) is 3.